The molecule has 0 aliphatic carbocycles. The molecule has 8 heteroatoms. The molecule has 3 fully saturated rings. The van der Waals surface area contributed by atoms with Crippen LogP contribution in [0.5, 0.6) is 0 Å². The summed E-state index contributed by atoms with van der Waals surface area (Å²) in [6, 6.07) is 0. The predicted octanol–water partition coefficient (Wildman–Crippen LogP) is -0.591. The average molecular weight is 320 g/mol. The number of hydrogen-bond acceptors (Lipinski definition) is 6. The largest absolute Gasteiger partial charge is 0.379 e. The molecule has 3 aliphatic heterocycles. The molecule has 0 N–H and O–H groups in total. The van der Waals surface area contributed by atoms with Crippen LogP contribution in [0.15, 0.2) is 0 Å². The van der Waals surface area contributed by atoms with E-state index in [4.69, 9.17) is 4.74 Å². The second-order valence-electron chi connectivity index (χ2n) is 5.58. The number of carbonyl (C=O) groups excluding carboxylic acids is 1. The molecule has 20 heavy (non-hydrogen) atoms. The highest BCUT2D eigenvalue weighted by atomic mass is 32.2. The fourth-order valence-corrected chi connectivity index (χ4v) is 7.03. The Bertz CT molecular complexity index is 490. The molecule has 0 unspecified atom stereocenters. The van der Waals surface area contributed by atoms with Gasteiger partial charge in [-0.15, -0.1) is 11.8 Å². The lowest BCUT2D eigenvalue weighted by Gasteiger charge is -2.35. The van der Waals surface area contributed by atoms with E-state index in [1.165, 1.54) is 11.8 Å². The lowest BCUT2D eigenvalue weighted by molar-refractivity contribution is -0.130. The molecule has 0 radical (unpaired) electrons. The van der Waals surface area contributed by atoms with E-state index in [1.807, 2.05) is 4.90 Å². The summed E-state index contributed by atoms with van der Waals surface area (Å²) in [7, 11) is -2.99. The SMILES string of the molecule is O=C1CS[C@@]2(CCS(=O)(=O)C2)N1CCN1CCOCC1. The highest BCUT2D eigenvalue weighted by molar-refractivity contribution is 8.03. The monoisotopic (exact) mass is 320 g/mol. The number of amides is 1. The lowest BCUT2D eigenvalue weighted by Crippen LogP contribution is -2.49. The van der Waals surface area contributed by atoms with Gasteiger partial charge < -0.3 is 9.64 Å². The van der Waals surface area contributed by atoms with Crippen LogP contribution in [0.2, 0.25) is 0 Å². The first-order valence-corrected chi connectivity index (χ1v) is 9.76. The van der Waals surface area contributed by atoms with E-state index >= 15 is 0 Å². The van der Waals surface area contributed by atoms with E-state index in [2.05, 4.69) is 4.90 Å². The standard InChI is InChI=1S/C12H20N2O4S2/c15-11-9-19-12(1-8-20(16,17)10-12)14(11)3-2-13-4-6-18-7-5-13/h1-10H2/t12-/m1/s1. The Hall–Kier alpha value is -0.310. The number of nitrogens with zero attached hydrogens (tertiary/aromatic N) is 2. The van der Waals surface area contributed by atoms with Crippen molar-refractivity contribution in [3.05, 3.63) is 0 Å². The van der Waals surface area contributed by atoms with Crippen LogP contribution in [-0.4, -0.2) is 85.6 Å². The Morgan fingerprint density at radius 3 is 2.65 bits per heavy atom. The van der Waals surface area contributed by atoms with Crippen molar-refractivity contribution >= 4 is 27.5 Å². The van der Waals surface area contributed by atoms with Crippen molar-refractivity contribution < 1.29 is 17.9 Å². The van der Waals surface area contributed by atoms with Crippen molar-refractivity contribution in [3.8, 4) is 0 Å². The van der Waals surface area contributed by atoms with Crippen molar-refractivity contribution in [2.75, 3.05) is 56.7 Å². The van der Waals surface area contributed by atoms with Crippen LogP contribution in [-0.2, 0) is 19.4 Å². The summed E-state index contributed by atoms with van der Waals surface area (Å²) in [5.41, 5.74) is 0. The second kappa shape index (κ2) is 5.47. The number of carbonyl (C=O) groups is 1. The van der Waals surface area contributed by atoms with Gasteiger partial charge in [0.2, 0.25) is 5.91 Å². The molecule has 0 saturated carbocycles. The van der Waals surface area contributed by atoms with Gasteiger partial charge >= 0.3 is 0 Å². The molecule has 3 aliphatic rings. The lowest BCUT2D eigenvalue weighted by atomic mass is 10.2. The fourth-order valence-electron chi connectivity index (χ4n) is 3.10. The molecular weight excluding hydrogens is 300 g/mol. The Kier molecular flexibility index (Phi) is 4.00. The zero-order valence-corrected chi connectivity index (χ0v) is 13.0. The van der Waals surface area contributed by atoms with Crippen LogP contribution in [0.25, 0.3) is 0 Å². The van der Waals surface area contributed by atoms with Gasteiger partial charge in [0.15, 0.2) is 9.84 Å². The third kappa shape index (κ3) is 2.84. The molecule has 0 aromatic heterocycles. The predicted molar refractivity (Wildman–Crippen MR) is 77.4 cm³/mol. The molecule has 6 nitrogen and oxygen atoms in total. The third-order valence-electron chi connectivity index (χ3n) is 4.25. The fraction of sp³-hybridized carbons (Fsp3) is 0.917. The molecular formula is C12H20N2O4S2. The van der Waals surface area contributed by atoms with E-state index in [9.17, 15) is 13.2 Å². The second-order valence-corrected chi connectivity index (χ2v) is 9.10. The zero-order valence-electron chi connectivity index (χ0n) is 11.4. The highest BCUT2D eigenvalue weighted by Crippen LogP contribution is 2.44. The number of thioether (sulfide) groups is 1. The molecule has 114 valence electrons. The molecule has 1 amide bonds. The summed E-state index contributed by atoms with van der Waals surface area (Å²) < 4.78 is 28.9. The van der Waals surface area contributed by atoms with Gasteiger partial charge in [0.1, 0.15) is 4.87 Å². The van der Waals surface area contributed by atoms with Gasteiger partial charge in [-0.3, -0.25) is 9.69 Å². The maximum absolute atomic E-state index is 12.1. The Balaban J connectivity index is 1.65. The van der Waals surface area contributed by atoms with Crippen LogP contribution in [0.1, 0.15) is 6.42 Å². The first kappa shape index (κ1) is 14.6. The maximum Gasteiger partial charge on any atom is 0.233 e. The van der Waals surface area contributed by atoms with Crippen LogP contribution in [0.4, 0.5) is 0 Å². The van der Waals surface area contributed by atoms with Crippen molar-refractivity contribution in [3.63, 3.8) is 0 Å². The van der Waals surface area contributed by atoms with Crippen LogP contribution in [0, 0.1) is 0 Å². The van der Waals surface area contributed by atoms with E-state index in [1.54, 1.807) is 0 Å². The molecule has 1 spiro atoms. The minimum Gasteiger partial charge on any atom is -0.379 e. The minimum absolute atomic E-state index is 0.0837. The van der Waals surface area contributed by atoms with E-state index < -0.39 is 14.7 Å². The van der Waals surface area contributed by atoms with E-state index in [0.29, 0.717) is 18.7 Å². The van der Waals surface area contributed by atoms with Crippen molar-refractivity contribution in [2.45, 2.75) is 11.3 Å². The quantitative estimate of drug-likeness (QED) is 0.692. The smallest absolute Gasteiger partial charge is 0.233 e. The molecule has 3 saturated heterocycles. The van der Waals surface area contributed by atoms with Gasteiger partial charge in [-0.1, -0.05) is 0 Å². The van der Waals surface area contributed by atoms with E-state index in [-0.39, 0.29) is 17.4 Å². The molecule has 0 aromatic carbocycles. The van der Waals surface area contributed by atoms with Gasteiger partial charge in [-0.2, -0.15) is 0 Å². The minimum atomic E-state index is -2.99. The topological polar surface area (TPSA) is 66.9 Å². The molecule has 3 heterocycles. The molecule has 1 atom stereocenters. The molecule has 3 rings (SSSR count). The van der Waals surface area contributed by atoms with Crippen LogP contribution in [0.3, 0.4) is 0 Å². The van der Waals surface area contributed by atoms with Gasteiger partial charge in [0, 0.05) is 26.2 Å². The number of ether oxygens (including phenoxy) is 1. The summed E-state index contributed by atoms with van der Waals surface area (Å²) in [6.45, 7) is 4.68. The zero-order chi connectivity index (χ0) is 14.2. The van der Waals surface area contributed by atoms with E-state index in [0.717, 1.165) is 32.8 Å². The van der Waals surface area contributed by atoms with Crippen LogP contribution < -0.4 is 0 Å². The highest BCUT2D eigenvalue weighted by Gasteiger charge is 2.52. The normalized spacial score (nSPS) is 34.2. The number of rotatable bonds is 3. The van der Waals surface area contributed by atoms with Crippen LogP contribution >= 0.6 is 11.8 Å². The number of sulfone groups is 1. The Morgan fingerprint density at radius 2 is 2.00 bits per heavy atom. The summed E-state index contributed by atoms with van der Waals surface area (Å²) in [5.74, 6) is 0.833. The Labute approximate surface area is 123 Å². The molecule has 0 aromatic rings. The summed E-state index contributed by atoms with van der Waals surface area (Å²) >= 11 is 1.51. The van der Waals surface area contributed by atoms with Crippen molar-refractivity contribution in [1.29, 1.82) is 0 Å². The Morgan fingerprint density at radius 1 is 1.25 bits per heavy atom. The average Bonchev–Trinajstić information content (AvgIpc) is 2.89. The molecule has 0 bridgehead atoms. The summed E-state index contributed by atoms with van der Waals surface area (Å²) in [5, 5.41) is 0. The van der Waals surface area contributed by atoms with Gasteiger partial charge in [0.05, 0.1) is 30.5 Å². The van der Waals surface area contributed by atoms with Gasteiger partial charge in [0.25, 0.3) is 0 Å². The maximum atomic E-state index is 12.1. The summed E-state index contributed by atoms with van der Waals surface area (Å²) in [4.78, 5) is 15.7. The first-order chi connectivity index (χ1) is 9.51. The third-order valence-corrected chi connectivity index (χ3v) is 7.67. The van der Waals surface area contributed by atoms with Crippen molar-refractivity contribution in [1.82, 2.24) is 9.80 Å². The first-order valence-electron chi connectivity index (χ1n) is 6.96. The van der Waals surface area contributed by atoms with Gasteiger partial charge in [-0.05, 0) is 6.42 Å². The van der Waals surface area contributed by atoms with Crippen molar-refractivity contribution in [2.24, 2.45) is 0 Å². The number of morpholine rings is 1. The summed E-state index contributed by atoms with van der Waals surface area (Å²) in [6.07, 6.45) is 0.578. The van der Waals surface area contributed by atoms with Gasteiger partial charge in [-0.25, -0.2) is 8.42 Å². The number of hydrogen-bond donors (Lipinski definition) is 0.